The molecule has 0 unspecified atom stereocenters. The van der Waals surface area contributed by atoms with Crippen molar-refractivity contribution < 1.29 is 35.5 Å². The SMILES string of the molecule is COC(=O)[C@H](C)N1CCN2c3ccc(/C=C(\C)c4c(F)cccc4Cl)cc3N(S(=O)(=O)c3cccc(C(F)(F)F)c3)C[C@@H]2C1. The van der Waals surface area contributed by atoms with Crippen LogP contribution in [0.15, 0.2) is 65.6 Å². The topological polar surface area (TPSA) is 70.2 Å². The Balaban J connectivity index is 1.60. The molecule has 0 N–H and O–H groups in total. The average molecular weight is 652 g/mol. The number of carbonyl (C=O) groups excluding carboxylic acids is 1. The molecular weight excluding hydrogens is 622 g/mol. The molecule has 0 radical (unpaired) electrons. The van der Waals surface area contributed by atoms with E-state index in [0.29, 0.717) is 42.5 Å². The number of hydrogen-bond acceptors (Lipinski definition) is 6. The lowest BCUT2D eigenvalue weighted by Gasteiger charge is -2.49. The summed E-state index contributed by atoms with van der Waals surface area (Å²) >= 11 is 6.25. The number of alkyl halides is 3. The van der Waals surface area contributed by atoms with Crippen LogP contribution in [0, 0.1) is 5.82 Å². The second-order valence-corrected chi connectivity index (χ2v) is 13.0. The Morgan fingerprint density at radius 1 is 1.05 bits per heavy atom. The number of allylic oxidation sites excluding steroid dienone is 1. The van der Waals surface area contributed by atoms with E-state index in [1.165, 1.54) is 19.2 Å². The molecule has 0 saturated carbocycles. The first-order chi connectivity index (χ1) is 20.7. The minimum absolute atomic E-state index is 0.0821. The van der Waals surface area contributed by atoms with E-state index >= 15 is 0 Å². The van der Waals surface area contributed by atoms with Crippen LogP contribution >= 0.6 is 11.6 Å². The average Bonchev–Trinajstić information content (AvgIpc) is 2.99. The number of fused-ring (bicyclic) bond motifs is 3. The predicted molar refractivity (Wildman–Crippen MR) is 162 cm³/mol. The predicted octanol–water partition coefficient (Wildman–Crippen LogP) is 6.32. The highest BCUT2D eigenvalue weighted by molar-refractivity contribution is 7.92. The van der Waals surface area contributed by atoms with Crippen molar-refractivity contribution in [3.05, 3.63) is 88.2 Å². The van der Waals surface area contributed by atoms with Crippen molar-refractivity contribution in [1.82, 2.24) is 4.90 Å². The van der Waals surface area contributed by atoms with Gasteiger partial charge in [-0.15, -0.1) is 0 Å². The fourth-order valence-electron chi connectivity index (χ4n) is 5.77. The Bertz CT molecular complexity index is 1710. The third-order valence-electron chi connectivity index (χ3n) is 8.05. The molecule has 2 atom stereocenters. The Kier molecular flexibility index (Phi) is 8.71. The van der Waals surface area contributed by atoms with Gasteiger partial charge in [-0.2, -0.15) is 13.2 Å². The standard InChI is InChI=1S/C31H30ClF4N3O4S/c1-19(29-25(32)8-5-9-26(29)33)14-21-10-11-27-28(15-21)39(44(41,42)24-7-4-6-22(16-24)31(34,35)36)18-23-17-37(12-13-38(23)27)20(2)30(40)43-3/h4-11,14-16,20,23H,12-13,17-18H2,1-3H3/b19-14+/t20-,23-/m0/s1. The molecule has 2 aliphatic heterocycles. The fraction of sp³-hybridized carbons (Fsp3) is 0.323. The van der Waals surface area contributed by atoms with E-state index < -0.39 is 50.5 Å². The van der Waals surface area contributed by atoms with Gasteiger partial charge in [0.2, 0.25) is 0 Å². The largest absolute Gasteiger partial charge is 0.468 e. The molecule has 0 amide bonds. The molecule has 5 rings (SSSR count). The van der Waals surface area contributed by atoms with Crippen LogP contribution in [0.2, 0.25) is 5.02 Å². The molecule has 3 aromatic rings. The molecule has 1 saturated heterocycles. The highest BCUT2D eigenvalue weighted by Gasteiger charge is 2.42. The first-order valence-electron chi connectivity index (χ1n) is 13.8. The van der Waals surface area contributed by atoms with Crippen LogP contribution in [-0.2, 0) is 25.7 Å². The van der Waals surface area contributed by atoms with Gasteiger partial charge >= 0.3 is 12.1 Å². The summed E-state index contributed by atoms with van der Waals surface area (Å²) in [6, 6.07) is 12.1. The Labute approximate surface area is 258 Å². The Hall–Kier alpha value is -3.61. The van der Waals surface area contributed by atoms with Crippen LogP contribution < -0.4 is 9.21 Å². The number of nitrogens with zero attached hydrogens (tertiary/aromatic N) is 3. The number of rotatable bonds is 6. The first kappa shape index (κ1) is 31.8. The molecule has 0 aliphatic carbocycles. The molecule has 2 heterocycles. The van der Waals surface area contributed by atoms with Crippen molar-refractivity contribution in [3.8, 4) is 0 Å². The summed E-state index contributed by atoms with van der Waals surface area (Å²) < 4.78 is 89.4. The molecule has 234 valence electrons. The smallest absolute Gasteiger partial charge is 0.416 e. The van der Waals surface area contributed by atoms with Crippen LogP contribution in [0.1, 0.15) is 30.5 Å². The molecule has 7 nitrogen and oxygen atoms in total. The summed E-state index contributed by atoms with van der Waals surface area (Å²) in [6.45, 7) is 4.59. The van der Waals surface area contributed by atoms with Gasteiger partial charge in [0.1, 0.15) is 11.9 Å². The lowest BCUT2D eigenvalue weighted by Crippen LogP contribution is -2.62. The van der Waals surface area contributed by atoms with Gasteiger partial charge in [-0.05, 0) is 67.4 Å². The number of hydrogen-bond donors (Lipinski definition) is 0. The number of piperazine rings is 1. The monoisotopic (exact) mass is 651 g/mol. The van der Waals surface area contributed by atoms with E-state index in [-0.39, 0.29) is 22.8 Å². The van der Waals surface area contributed by atoms with E-state index in [4.69, 9.17) is 16.3 Å². The molecule has 44 heavy (non-hydrogen) atoms. The van der Waals surface area contributed by atoms with Gasteiger partial charge in [-0.3, -0.25) is 14.0 Å². The highest BCUT2D eigenvalue weighted by Crippen LogP contribution is 2.42. The minimum Gasteiger partial charge on any atom is -0.468 e. The van der Waals surface area contributed by atoms with E-state index in [2.05, 4.69) is 0 Å². The molecule has 0 aromatic heterocycles. The van der Waals surface area contributed by atoms with Crippen LogP contribution in [0.3, 0.4) is 0 Å². The molecule has 3 aromatic carbocycles. The summed E-state index contributed by atoms with van der Waals surface area (Å²) in [4.78, 5) is 15.7. The highest BCUT2D eigenvalue weighted by atomic mass is 35.5. The maximum Gasteiger partial charge on any atom is 0.416 e. The van der Waals surface area contributed by atoms with E-state index in [1.54, 1.807) is 44.2 Å². The number of methoxy groups -OCH3 is 1. The third-order valence-corrected chi connectivity index (χ3v) is 10.1. The van der Waals surface area contributed by atoms with E-state index in [0.717, 1.165) is 22.5 Å². The second-order valence-electron chi connectivity index (χ2n) is 10.8. The van der Waals surface area contributed by atoms with Crippen molar-refractivity contribution in [1.29, 1.82) is 0 Å². The van der Waals surface area contributed by atoms with Crippen molar-refractivity contribution in [2.45, 2.75) is 37.0 Å². The van der Waals surface area contributed by atoms with Crippen LogP contribution in [0.5, 0.6) is 0 Å². The second kappa shape index (κ2) is 12.1. The lowest BCUT2D eigenvalue weighted by molar-refractivity contribution is -0.146. The van der Waals surface area contributed by atoms with Crippen molar-refractivity contribution in [2.75, 3.05) is 42.5 Å². The molecule has 0 bridgehead atoms. The van der Waals surface area contributed by atoms with Crippen molar-refractivity contribution in [3.63, 3.8) is 0 Å². The van der Waals surface area contributed by atoms with Gasteiger partial charge in [-0.25, -0.2) is 12.8 Å². The van der Waals surface area contributed by atoms with Crippen molar-refractivity contribution >= 4 is 50.6 Å². The maximum atomic E-state index is 14.6. The zero-order valence-corrected chi connectivity index (χ0v) is 25.7. The minimum atomic E-state index is -4.74. The Morgan fingerprint density at radius 3 is 2.45 bits per heavy atom. The molecule has 0 spiro atoms. The van der Waals surface area contributed by atoms with Crippen LogP contribution in [-0.4, -0.2) is 64.7 Å². The van der Waals surface area contributed by atoms with Gasteiger partial charge in [-0.1, -0.05) is 35.9 Å². The summed E-state index contributed by atoms with van der Waals surface area (Å²) in [5, 5.41) is 0.215. The van der Waals surface area contributed by atoms with E-state index in [9.17, 15) is 30.8 Å². The molecule has 2 aliphatic rings. The molecular formula is C31H30ClF4N3O4S. The summed E-state index contributed by atoms with van der Waals surface area (Å²) in [5.41, 5.74) is 1.01. The number of anilines is 2. The van der Waals surface area contributed by atoms with Crippen molar-refractivity contribution in [2.24, 2.45) is 0 Å². The van der Waals surface area contributed by atoms with Crippen LogP contribution in [0.25, 0.3) is 11.6 Å². The summed E-state index contributed by atoms with van der Waals surface area (Å²) in [7, 11) is -3.19. The zero-order chi connectivity index (χ0) is 32.0. The quantitative estimate of drug-likeness (QED) is 0.177. The van der Waals surface area contributed by atoms with E-state index in [1.807, 2.05) is 9.80 Å². The van der Waals surface area contributed by atoms with Gasteiger partial charge in [0.05, 0.1) is 46.6 Å². The van der Waals surface area contributed by atoms with Crippen LogP contribution in [0.4, 0.5) is 28.9 Å². The lowest BCUT2D eigenvalue weighted by atomic mass is 10.0. The maximum absolute atomic E-state index is 14.6. The van der Waals surface area contributed by atoms with Gasteiger partial charge in [0.15, 0.2) is 0 Å². The number of halogens is 5. The summed E-state index contributed by atoms with van der Waals surface area (Å²) in [5.74, 6) is -0.940. The normalized spacial score (nSPS) is 18.5. The summed E-state index contributed by atoms with van der Waals surface area (Å²) in [6.07, 6.45) is -3.07. The third kappa shape index (κ3) is 6.02. The Morgan fingerprint density at radius 2 is 1.77 bits per heavy atom. The fourth-order valence-corrected chi connectivity index (χ4v) is 7.64. The number of carbonyl (C=O) groups is 1. The van der Waals surface area contributed by atoms with Gasteiger partial charge in [0, 0.05) is 25.2 Å². The number of benzene rings is 3. The number of sulfonamides is 1. The zero-order valence-electron chi connectivity index (χ0n) is 24.1. The first-order valence-corrected chi connectivity index (χ1v) is 15.6. The molecule has 13 heteroatoms. The number of ether oxygens (including phenoxy) is 1. The van der Waals surface area contributed by atoms with Gasteiger partial charge < -0.3 is 9.64 Å². The molecule has 1 fully saturated rings. The van der Waals surface area contributed by atoms with Gasteiger partial charge in [0.25, 0.3) is 10.0 Å². The number of esters is 1.